The molecule has 0 atom stereocenters. The molecule has 0 saturated carbocycles. The molecule has 2 N–H and O–H groups in total. The summed E-state index contributed by atoms with van der Waals surface area (Å²) in [4.78, 5) is 35.6. The Morgan fingerprint density at radius 2 is 1.85 bits per heavy atom. The molecule has 0 bridgehead atoms. The quantitative estimate of drug-likeness (QED) is 0.107. The number of non-ortho nitro benzene ring substituents is 1. The fourth-order valence-electron chi connectivity index (χ4n) is 3.29. The minimum atomic E-state index is -0.534. The van der Waals surface area contributed by atoms with E-state index in [9.17, 15) is 19.7 Å². The molecular weight excluding hydrogens is 565 g/mol. The van der Waals surface area contributed by atoms with Crippen LogP contribution in [0, 0.1) is 10.1 Å². The Morgan fingerprint density at radius 3 is 2.56 bits per heavy atom. The van der Waals surface area contributed by atoms with Crippen LogP contribution in [0.5, 0.6) is 5.75 Å². The third-order valence-electron chi connectivity index (χ3n) is 5.03. The number of nitrogens with zero attached hydrogens (tertiary/aromatic N) is 6. The molecule has 0 aliphatic carbocycles. The summed E-state index contributed by atoms with van der Waals surface area (Å²) in [5.74, 6) is 1.09. The van der Waals surface area contributed by atoms with E-state index in [1.807, 2.05) is 25.1 Å². The van der Waals surface area contributed by atoms with Gasteiger partial charge < -0.3 is 10.1 Å². The number of carbonyl (C=O) groups is 2. The van der Waals surface area contributed by atoms with Gasteiger partial charge in [0.1, 0.15) is 5.75 Å². The van der Waals surface area contributed by atoms with Crippen molar-refractivity contribution >= 4 is 57.5 Å². The molecule has 202 valence electrons. The van der Waals surface area contributed by atoms with E-state index in [0.717, 1.165) is 21.9 Å². The van der Waals surface area contributed by atoms with Gasteiger partial charge in [-0.2, -0.15) is 0 Å². The third kappa shape index (κ3) is 7.10. The first-order chi connectivity index (χ1) is 18.9. The fourth-order valence-corrected chi connectivity index (χ4v) is 5.72. The number of thioether (sulfide) groups is 2. The summed E-state index contributed by atoms with van der Waals surface area (Å²) in [7, 11) is 1.53. The number of para-hydroxylation sites is 2. The lowest BCUT2D eigenvalue weighted by Crippen LogP contribution is -2.24. The first-order valence-electron chi connectivity index (χ1n) is 11.4. The molecule has 16 heteroatoms. The zero-order valence-electron chi connectivity index (χ0n) is 20.7. The Hall–Kier alpha value is -4.02. The average molecular weight is 587 g/mol. The van der Waals surface area contributed by atoms with Gasteiger partial charge in [-0.05, 0) is 30.0 Å². The average Bonchev–Trinajstić information content (AvgIpc) is 3.57. The van der Waals surface area contributed by atoms with E-state index >= 15 is 0 Å². The van der Waals surface area contributed by atoms with E-state index in [-0.39, 0.29) is 29.5 Å². The Labute approximate surface area is 234 Å². The number of nitrogens with one attached hydrogen (secondary N) is 2. The van der Waals surface area contributed by atoms with Crippen LogP contribution in [0.3, 0.4) is 0 Å². The van der Waals surface area contributed by atoms with Crippen LogP contribution in [0.25, 0.3) is 5.69 Å². The van der Waals surface area contributed by atoms with Crippen LogP contribution in [0.2, 0.25) is 0 Å². The van der Waals surface area contributed by atoms with Crippen molar-refractivity contribution in [3.05, 3.63) is 70.0 Å². The summed E-state index contributed by atoms with van der Waals surface area (Å²) < 4.78 is 7.99. The highest BCUT2D eigenvalue weighted by molar-refractivity contribution is 8.01. The smallest absolute Gasteiger partial charge is 0.269 e. The second-order valence-corrected chi connectivity index (χ2v) is 11.0. The van der Waals surface area contributed by atoms with Gasteiger partial charge in [-0.1, -0.05) is 53.9 Å². The minimum absolute atomic E-state index is 0.00369. The van der Waals surface area contributed by atoms with Crippen LogP contribution in [0.4, 0.5) is 10.8 Å². The molecule has 2 amide bonds. The molecule has 2 heterocycles. The molecule has 13 nitrogen and oxygen atoms in total. The Kier molecular flexibility index (Phi) is 9.45. The lowest BCUT2D eigenvalue weighted by Gasteiger charge is -2.14. The molecule has 0 saturated heterocycles. The molecule has 0 unspecified atom stereocenters. The van der Waals surface area contributed by atoms with Crippen LogP contribution in [0.1, 0.15) is 23.1 Å². The van der Waals surface area contributed by atoms with Crippen LogP contribution < -0.4 is 15.4 Å². The van der Waals surface area contributed by atoms with Crippen molar-refractivity contribution in [2.45, 2.75) is 23.0 Å². The van der Waals surface area contributed by atoms with Crippen molar-refractivity contribution in [2.75, 3.05) is 23.9 Å². The number of hydrogen-bond acceptors (Lipinski definition) is 12. The Bertz CT molecular complexity index is 1470. The van der Waals surface area contributed by atoms with Crippen molar-refractivity contribution in [2.24, 2.45) is 0 Å². The van der Waals surface area contributed by atoms with Crippen molar-refractivity contribution in [3.8, 4) is 11.4 Å². The molecule has 2 aromatic carbocycles. The van der Waals surface area contributed by atoms with Gasteiger partial charge in [-0.15, -0.1) is 20.4 Å². The maximum absolute atomic E-state index is 12.7. The van der Waals surface area contributed by atoms with Crippen molar-refractivity contribution in [3.63, 3.8) is 0 Å². The highest BCUT2D eigenvalue weighted by atomic mass is 32.2. The molecule has 2 aromatic heterocycles. The van der Waals surface area contributed by atoms with Crippen molar-refractivity contribution in [1.29, 1.82) is 0 Å². The number of methoxy groups -OCH3 is 1. The number of nitro groups is 1. The Balaban J connectivity index is 1.50. The molecule has 4 rings (SSSR count). The lowest BCUT2D eigenvalue weighted by atomic mass is 10.2. The third-order valence-corrected chi connectivity index (χ3v) is 7.81. The number of anilines is 1. The van der Waals surface area contributed by atoms with E-state index in [0.29, 0.717) is 27.5 Å². The van der Waals surface area contributed by atoms with Crippen LogP contribution >= 0.6 is 34.9 Å². The van der Waals surface area contributed by atoms with Gasteiger partial charge in [0.2, 0.25) is 11.0 Å². The van der Waals surface area contributed by atoms with Crippen molar-refractivity contribution in [1.82, 2.24) is 30.3 Å². The second kappa shape index (κ2) is 13.2. The summed E-state index contributed by atoms with van der Waals surface area (Å²) in [6, 6.07) is 12.5. The monoisotopic (exact) mass is 586 g/mol. The zero-order valence-corrected chi connectivity index (χ0v) is 23.1. The summed E-state index contributed by atoms with van der Waals surface area (Å²) >= 11 is 4.00. The predicted molar refractivity (Wildman–Crippen MR) is 148 cm³/mol. The van der Waals surface area contributed by atoms with E-state index in [2.05, 4.69) is 31.0 Å². The Morgan fingerprint density at radius 1 is 1.08 bits per heavy atom. The van der Waals surface area contributed by atoms with Crippen LogP contribution in [0.15, 0.2) is 58.0 Å². The highest BCUT2D eigenvalue weighted by Crippen LogP contribution is 2.29. The topological polar surface area (TPSA) is 167 Å². The van der Waals surface area contributed by atoms with Gasteiger partial charge in [0.25, 0.3) is 11.6 Å². The molecule has 0 radical (unpaired) electrons. The summed E-state index contributed by atoms with van der Waals surface area (Å²) in [5.41, 5.74) is 0.768. The molecular formula is C23H22N8O5S3. The highest BCUT2D eigenvalue weighted by Gasteiger charge is 2.20. The van der Waals surface area contributed by atoms with E-state index in [1.165, 1.54) is 42.7 Å². The number of benzene rings is 2. The number of rotatable bonds is 12. The normalized spacial score (nSPS) is 10.7. The number of ether oxygens (including phenoxy) is 1. The zero-order chi connectivity index (χ0) is 27.8. The summed E-state index contributed by atoms with van der Waals surface area (Å²) in [6.45, 7) is 2.00. The maximum Gasteiger partial charge on any atom is 0.269 e. The second-order valence-electron chi connectivity index (χ2n) is 7.54. The first-order valence-corrected chi connectivity index (χ1v) is 14.2. The van der Waals surface area contributed by atoms with Crippen LogP contribution in [-0.4, -0.2) is 60.3 Å². The first kappa shape index (κ1) is 28.0. The lowest BCUT2D eigenvalue weighted by molar-refractivity contribution is -0.384. The number of carbonyl (C=O) groups excluding carboxylic acids is 2. The largest absolute Gasteiger partial charge is 0.495 e. The molecule has 39 heavy (non-hydrogen) atoms. The van der Waals surface area contributed by atoms with E-state index < -0.39 is 10.8 Å². The number of hydrogen-bond donors (Lipinski definition) is 2. The summed E-state index contributed by atoms with van der Waals surface area (Å²) in [6.07, 6.45) is 0. The fraction of sp³-hybridized carbons (Fsp3) is 0.217. The number of amides is 2. The molecule has 0 aliphatic rings. The van der Waals surface area contributed by atoms with Gasteiger partial charge in [0.15, 0.2) is 15.3 Å². The standard InChI is InChI=1S/C23H22N8O5S3/c1-3-37-23-29-27-21(39-23)25-19(32)13-38-22-28-26-18(30(22)16-6-4-5-7-17(16)36-2)12-24-20(33)14-8-10-15(11-9-14)31(34)35/h4-11H,3,12-13H2,1-2H3,(H,24,33)(H,25,27,32). The molecule has 0 fully saturated rings. The summed E-state index contributed by atoms with van der Waals surface area (Å²) in [5, 5.41) is 33.7. The van der Waals surface area contributed by atoms with Gasteiger partial charge in [-0.3, -0.25) is 29.6 Å². The number of aromatic nitrogens is 5. The molecule has 0 aliphatic heterocycles. The van der Waals surface area contributed by atoms with Gasteiger partial charge in [0, 0.05) is 17.7 Å². The van der Waals surface area contributed by atoms with E-state index in [1.54, 1.807) is 22.4 Å². The van der Waals surface area contributed by atoms with Gasteiger partial charge >= 0.3 is 0 Å². The van der Waals surface area contributed by atoms with Crippen molar-refractivity contribution < 1.29 is 19.2 Å². The van der Waals surface area contributed by atoms with Gasteiger partial charge in [0.05, 0.1) is 30.0 Å². The SMILES string of the molecule is CCSc1nnc(NC(=O)CSc2nnc(CNC(=O)c3ccc([N+](=O)[O-])cc3)n2-c2ccccc2OC)s1. The molecule has 0 spiro atoms. The maximum atomic E-state index is 12.7. The predicted octanol–water partition coefficient (Wildman–Crippen LogP) is 3.81. The van der Waals surface area contributed by atoms with Crippen LogP contribution in [-0.2, 0) is 11.3 Å². The van der Waals surface area contributed by atoms with Gasteiger partial charge in [-0.25, -0.2) is 0 Å². The molecule has 4 aromatic rings. The number of nitro benzene ring substituents is 1. The minimum Gasteiger partial charge on any atom is -0.495 e. The van der Waals surface area contributed by atoms with E-state index in [4.69, 9.17) is 4.74 Å².